The Morgan fingerprint density at radius 1 is 0.352 bits per heavy atom. The molecular formula is C44H26F7N3. The van der Waals surface area contributed by atoms with Crippen LogP contribution in [0.25, 0.3) is 43.6 Å². The van der Waals surface area contributed by atoms with Crippen LogP contribution in [0.1, 0.15) is 11.1 Å². The highest BCUT2D eigenvalue weighted by Crippen LogP contribution is 2.41. The van der Waals surface area contributed by atoms with Crippen molar-refractivity contribution in [3.63, 3.8) is 0 Å². The molecule has 0 unspecified atom stereocenters. The summed E-state index contributed by atoms with van der Waals surface area (Å²) in [4.78, 5) is 1.96. The summed E-state index contributed by atoms with van der Waals surface area (Å²) in [6.45, 7) is -0.105. The number of anilines is 3. The maximum Gasteiger partial charge on any atom is 0.161 e. The van der Waals surface area contributed by atoms with E-state index in [2.05, 4.69) is 0 Å². The fourth-order valence-electron chi connectivity index (χ4n) is 7.45. The molecule has 0 aliphatic carbocycles. The highest BCUT2D eigenvalue weighted by molar-refractivity contribution is 6.11. The normalized spacial score (nSPS) is 11.8. The second-order valence-electron chi connectivity index (χ2n) is 13.1. The maximum absolute atomic E-state index is 14.9. The molecule has 0 spiro atoms. The third kappa shape index (κ3) is 5.53. The lowest BCUT2D eigenvalue weighted by molar-refractivity contribution is 0.489. The zero-order valence-corrected chi connectivity index (χ0v) is 28.1. The number of hydrogen-bond donors (Lipinski definition) is 0. The number of aromatic nitrogens is 2. The van der Waals surface area contributed by atoms with E-state index in [-0.39, 0.29) is 24.2 Å². The first-order valence-electron chi connectivity index (χ1n) is 17.0. The van der Waals surface area contributed by atoms with E-state index in [4.69, 9.17) is 0 Å². The highest BCUT2D eigenvalue weighted by Gasteiger charge is 2.21. The fourth-order valence-corrected chi connectivity index (χ4v) is 7.45. The van der Waals surface area contributed by atoms with Gasteiger partial charge in [-0.1, -0.05) is 36.4 Å². The molecule has 0 aliphatic heterocycles. The van der Waals surface area contributed by atoms with Crippen molar-refractivity contribution in [2.75, 3.05) is 4.90 Å². The Morgan fingerprint density at radius 2 is 0.741 bits per heavy atom. The second-order valence-corrected chi connectivity index (χ2v) is 13.1. The van der Waals surface area contributed by atoms with Crippen LogP contribution in [0.5, 0.6) is 0 Å². The van der Waals surface area contributed by atoms with Gasteiger partial charge in [0, 0.05) is 83.9 Å². The van der Waals surface area contributed by atoms with E-state index in [1.165, 1.54) is 12.1 Å². The van der Waals surface area contributed by atoms with Gasteiger partial charge in [-0.3, -0.25) is 0 Å². The van der Waals surface area contributed by atoms with Crippen LogP contribution in [0.2, 0.25) is 0 Å². The van der Waals surface area contributed by atoms with E-state index in [0.29, 0.717) is 29.2 Å². The summed E-state index contributed by atoms with van der Waals surface area (Å²) in [5.41, 5.74) is 5.03. The fraction of sp³-hybridized carbons (Fsp3) is 0.0455. The third-order valence-electron chi connectivity index (χ3n) is 9.95. The number of nitrogens with zero attached hydrogens (tertiary/aromatic N) is 3. The standard InChI is InChI=1S/C44H26F7N3/c45-27-9-11-28(12-10-27)54(29-13-15-43-33(19-29)31-5-1-3-7-41(31)52(43)23-25-17-37(48)39(50)21-35(25)46)30-14-16-44-34(20-30)32-6-2-4-8-42(32)53(44)24-26-18-38(49)40(51)22-36(26)47/h1-22H,23-24H2. The molecule has 0 saturated carbocycles. The smallest absolute Gasteiger partial charge is 0.161 e. The molecule has 9 rings (SSSR count). The summed E-state index contributed by atoms with van der Waals surface area (Å²) >= 11 is 0. The lowest BCUT2D eigenvalue weighted by Crippen LogP contribution is -2.10. The number of fused-ring (bicyclic) bond motifs is 6. The quantitative estimate of drug-likeness (QED) is 0.118. The molecule has 2 heterocycles. The Morgan fingerprint density at radius 3 is 1.20 bits per heavy atom. The summed E-state index contributed by atoms with van der Waals surface area (Å²) in [5.74, 6) is -6.92. The van der Waals surface area contributed by atoms with Crippen LogP contribution in [0, 0.1) is 40.7 Å². The van der Waals surface area contributed by atoms with Gasteiger partial charge in [-0.25, -0.2) is 30.7 Å². The van der Waals surface area contributed by atoms with E-state index in [0.717, 1.165) is 55.7 Å². The van der Waals surface area contributed by atoms with E-state index in [9.17, 15) is 30.7 Å². The minimum Gasteiger partial charge on any atom is -0.336 e. The first-order valence-corrected chi connectivity index (χ1v) is 17.0. The molecule has 266 valence electrons. The molecule has 0 aliphatic rings. The molecule has 10 heteroatoms. The van der Waals surface area contributed by atoms with Crippen molar-refractivity contribution in [2.45, 2.75) is 13.1 Å². The Bertz CT molecular complexity index is 2750. The average molecular weight is 730 g/mol. The van der Waals surface area contributed by atoms with Crippen molar-refractivity contribution in [2.24, 2.45) is 0 Å². The van der Waals surface area contributed by atoms with Crippen molar-refractivity contribution in [3.8, 4) is 0 Å². The first kappa shape index (κ1) is 33.3. The maximum atomic E-state index is 14.9. The largest absolute Gasteiger partial charge is 0.336 e. The molecule has 0 fully saturated rings. The van der Waals surface area contributed by atoms with Gasteiger partial charge >= 0.3 is 0 Å². The lowest BCUT2D eigenvalue weighted by Gasteiger charge is -2.26. The van der Waals surface area contributed by atoms with Crippen molar-refractivity contribution in [3.05, 3.63) is 185 Å². The summed E-state index contributed by atoms with van der Waals surface area (Å²) in [5, 5.41) is 3.31. The molecule has 0 atom stereocenters. The number of benzene rings is 7. The molecule has 0 saturated heterocycles. The molecule has 54 heavy (non-hydrogen) atoms. The van der Waals surface area contributed by atoms with Crippen molar-refractivity contribution in [1.82, 2.24) is 9.13 Å². The molecule has 9 aromatic rings. The molecular weight excluding hydrogens is 703 g/mol. The summed E-state index contributed by atoms with van der Waals surface area (Å²) in [7, 11) is 0. The number of rotatable bonds is 7. The predicted octanol–water partition coefficient (Wildman–Crippen LogP) is 12.4. The Labute approximate surface area is 303 Å². The Balaban J connectivity index is 1.21. The molecule has 2 aromatic heterocycles. The zero-order valence-electron chi connectivity index (χ0n) is 28.1. The number of para-hydroxylation sites is 2. The summed E-state index contributed by atoms with van der Waals surface area (Å²) in [6, 6.07) is 35.4. The number of hydrogen-bond acceptors (Lipinski definition) is 1. The Hall–Kier alpha value is -6.55. The van der Waals surface area contributed by atoms with Crippen LogP contribution in [0.3, 0.4) is 0 Å². The van der Waals surface area contributed by atoms with Gasteiger partial charge in [0.05, 0.1) is 13.1 Å². The average Bonchev–Trinajstić information content (AvgIpc) is 3.65. The molecule has 0 N–H and O–H groups in total. The molecule has 0 amide bonds. The SMILES string of the molecule is Fc1ccc(N(c2ccc3c(c2)c2ccccc2n3Cc2cc(F)c(F)cc2F)c2ccc3c(c2)c2ccccc2n3Cc2cc(F)c(F)cc2F)cc1. The predicted molar refractivity (Wildman–Crippen MR) is 198 cm³/mol. The molecule has 3 nitrogen and oxygen atoms in total. The van der Waals surface area contributed by atoms with Gasteiger partial charge in [0.15, 0.2) is 23.3 Å². The van der Waals surface area contributed by atoms with Crippen molar-refractivity contribution >= 4 is 60.7 Å². The molecule has 0 bridgehead atoms. The van der Waals surface area contributed by atoms with E-state index in [1.807, 2.05) is 99.0 Å². The van der Waals surface area contributed by atoms with Crippen LogP contribution in [-0.4, -0.2) is 9.13 Å². The number of halogens is 7. The van der Waals surface area contributed by atoms with Gasteiger partial charge in [0.25, 0.3) is 0 Å². The summed E-state index contributed by atoms with van der Waals surface area (Å²) in [6.07, 6.45) is 0. The van der Waals surface area contributed by atoms with Gasteiger partial charge < -0.3 is 14.0 Å². The second kappa shape index (κ2) is 12.8. The van der Waals surface area contributed by atoms with E-state index < -0.39 is 40.7 Å². The van der Waals surface area contributed by atoms with Crippen LogP contribution >= 0.6 is 0 Å². The van der Waals surface area contributed by atoms with Crippen molar-refractivity contribution in [1.29, 1.82) is 0 Å². The van der Waals surface area contributed by atoms with Gasteiger partial charge in [0.1, 0.15) is 17.5 Å². The topological polar surface area (TPSA) is 13.1 Å². The lowest BCUT2D eigenvalue weighted by atomic mass is 10.1. The Kier molecular flexibility index (Phi) is 7.92. The first-order chi connectivity index (χ1) is 26.1. The van der Waals surface area contributed by atoms with Crippen LogP contribution in [0.4, 0.5) is 47.8 Å². The van der Waals surface area contributed by atoms with Gasteiger partial charge in [-0.15, -0.1) is 0 Å². The van der Waals surface area contributed by atoms with Gasteiger partial charge in [0.2, 0.25) is 0 Å². The van der Waals surface area contributed by atoms with Gasteiger partial charge in [-0.05, 0) is 84.9 Å². The van der Waals surface area contributed by atoms with Crippen LogP contribution in [-0.2, 0) is 13.1 Å². The van der Waals surface area contributed by atoms with Crippen LogP contribution in [0.15, 0.2) is 133 Å². The minimum atomic E-state index is -1.26. The molecule has 7 aromatic carbocycles. The zero-order chi connectivity index (χ0) is 37.2. The monoisotopic (exact) mass is 729 g/mol. The van der Waals surface area contributed by atoms with Crippen molar-refractivity contribution < 1.29 is 30.7 Å². The summed E-state index contributed by atoms with van der Waals surface area (Å²) < 4.78 is 104. The van der Waals surface area contributed by atoms with Crippen LogP contribution < -0.4 is 4.90 Å². The van der Waals surface area contributed by atoms with Gasteiger partial charge in [-0.2, -0.15) is 0 Å². The molecule has 0 radical (unpaired) electrons. The minimum absolute atomic E-state index is 0.00617. The third-order valence-corrected chi connectivity index (χ3v) is 9.95. The highest BCUT2D eigenvalue weighted by atomic mass is 19.2. The van der Waals surface area contributed by atoms with E-state index in [1.54, 1.807) is 12.1 Å². The van der Waals surface area contributed by atoms with E-state index >= 15 is 0 Å².